The van der Waals surface area contributed by atoms with Crippen LogP contribution in [-0.4, -0.2) is 30.6 Å². The molecule has 1 unspecified atom stereocenters. The van der Waals surface area contributed by atoms with Gasteiger partial charge in [0.25, 0.3) is 5.91 Å². The summed E-state index contributed by atoms with van der Waals surface area (Å²) in [4.78, 5) is 23.5. The van der Waals surface area contributed by atoms with Gasteiger partial charge in [-0.3, -0.25) is 9.59 Å². The van der Waals surface area contributed by atoms with Crippen molar-refractivity contribution in [3.05, 3.63) is 65.7 Å². The van der Waals surface area contributed by atoms with Crippen molar-refractivity contribution >= 4 is 11.9 Å². The Balaban J connectivity index is 2.09. The average Bonchev–Trinajstić information content (AvgIpc) is 2.55. The van der Waals surface area contributed by atoms with E-state index in [-0.39, 0.29) is 12.5 Å². The molecule has 0 aliphatic heterocycles. The zero-order valence-corrected chi connectivity index (χ0v) is 12.2. The molecule has 0 heterocycles. The largest absolute Gasteiger partial charge is 0.497 e. The number of carbonyl (C=O) groups is 2. The molecular formula is C17H17NO4. The number of carboxylic acids is 1. The highest BCUT2D eigenvalue weighted by molar-refractivity contribution is 5.94. The topological polar surface area (TPSA) is 75.6 Å². The van der Waals surface area contributed by atoms with E-state index in [1.165, 1.54) is 7.11 Å². The van der Waals surface area contributed by atoms with E-state index >= 15 is 0 Å². The molecule has 0 saturated heterocycles. The second-order valence-electron chi connectivity index (χ2n) is 4.74. The average molecular weight is 299 g/mol. The van der Waals surface area contributed by atoms with Gasteiger partial charge in [-0.2, -0.15) is 0 Å². The van der Waals surface area contributed by atoms with Crippen molar-refractivity contribution in [2.45, 2.75) is 5.92 Å². The van der Waals surface area contributed by atoms with E-state index in [0.29, 0.717) is 16.9 Å². The van der Waals surface area contributed by atoms with Gasteiger partial charge in [-0.05, 0) is 29.8 Å². The summed E-state index contributed by atoms with van der Waals surface area (Å²) in [5.74, 6) is -1.54. The van der Waals surface area contributed by atoms with Crippen LogP contribution in [0.3, 0.4) is 0 Å². The van der Waals surface area contributed by atoms with Gasteiger partial charge < -0.3 is 15.2 Å². The van der Waals surface area contributed by atoms with E-state index in [0.717, 1.165) is 0 Å². The number of ether oxygens (including phenoxy) is 1. The van der Waals surface area contributed by atoms with Gasteiger partial charge >= 0.3 is 5.97 Å². The predicted molar refractivity (Wildman–Crippen MR) is 82.1 cm³/mol. The molecule has 2 rings (SSSR count). The van der Waals surface area contributed by atoms with Crippen LogP contribution in [0.25, 0.3) is 0 Å². The molecular weight excluding hydrogens is 282 g/mol. The Bertz CT molecular complexity index is 655. The third kappa shape index (κ3) is 3.85. The first kappa shape index (κ1) is 15.6. The van der Waals surface area contributed by atoms with Crippen LogP contribution in [0, 0.1) is 0 Å². The van der Waals surface area contributed by atoms with Crippen LogP contribution in [-0.2, 0) is 4.79 Å². The van der Waals surface area contributed by atoms with Crippen molar-refractivity contribution in [1.82, 2.24) is 5.32 Å². The minimum absolute atomic E-state index is 0.0101. The lowest BCUT2D eigenvalue weighted by atomic mass is 9.99. The Kier molecular flexibility index (Phi) is 5.14. The van der Waals surface area contributed by atoms with Gasteiger partial charge in [0.1, 0.15) is 5.75 Å². The summed E-state index contributed by atoms with van der Waals surface area (Å²) in [6.07, 6.45) is 0. The number of methoxy groups -OCH3 is 1. The molecule has 2 N–H and O–H groups in total. The first-order valence-corrected chi connectivity index (χ1v) is 6.82. The molecule has 114 valence electrons. The fraction of sp³-hybridized carbons (Fsp3) is 0.176. The minimum Gasteiger partial charge on any atom is -0.497 e. The van der Waals surface area contributed by atoms with Crippen LogP contribution in [0.1, 0.15) is 21.8 Å². The number of carbonyl (C=O) groups excluding carboxylic acids is 1. The van der Waals surface area contributed by atoms with E-state index in [4.69, 9.17) is 4.74 Å². The summed E-state index contributed by atoms with van der Waals surface area (Å²) in [6.45, 7) is 0.0101. The standard InChI is InChI=1S/C17H17NO4/c1-22-14-9-5-8-13(10-14)15(17(20)21)11-18-16(19)12-6-3-2-4-7-12/h2-10,15H,11H2,1H3,(H,18,19)(H,20,21). The summed E-state index contributed by atoms with van der Waals surface area (Å²) in [5, 5.41) is 12.0. The Labute approximate surface area is 128 Å². The van der Waals surface area contributed by atoms with E-state index in [1.54, 1.807) is 48.5 Å². The fourth-order valence-electron chi connectivity index (χ4n) is 2.09. The number of nitrogens with one attached hydrogen (secondary N) is 1. The van der Waals surface area contributed by atoms with Gasteiger partial charge in [0.05, 0.1) is 13.0 Å². The van der Waals surface area contributed by atoms with Gasteiger partial charge in [0.15, 0.2) is 0 Å². The van der Waals surface area contributed by atoms with Crippen molar-refractivity contribution in [1.29, 1.82) is 0 Å². The molecule has 0 spiro atoms. The summed E-state index contributed by atoms with van der Waals surface area (Å²) < 4.78 is 5.10. The molecule has 0 aromatic heterocycles. The smallest absolute Gasteiger partial charge is 0.312 e. The van der Waals surface area contributed by atoms with Crippen LogP contribution in [0.5, 0.6) is 5.75 Å². The van der Waals surface area contributed by atoms with E-state index in [9.17, 15) is 14.7 Å². The Hall–Kier alpha value is -2.82. The molecule has 2 aromatic rings. The number of hydrogen-bond acceptors (Lipinski definition) is 3. The SMILES string of the molecule is COc1cccc(C(CNC(=O)c2ccccc2)C(=O)O)c1. The van der Waals surface area contributed by atoms with Gasteiger partial charge in [0, 0.05) is 12.1 Å². The maximum Gasteiger partial charge on any atom is 0.312 e. The maximum atomic E-state index is 12.0. The molecule has 0 fully saturated rings. The van der Waals surface area contributed by atoms with Crippen molar-refractivity contribution in [3.63, 3.8) is 0 Å². The van der Waals surface area contributed by atoms with Gasteiger partial charge in [-0.15, -0.1) is 0 Å². The normalized spacial score (nSPS) is 11.5. The quantitative estimate of drug-likeness (QED) is 0.858. The van der Waals surface area contributed by atoms with Gasteiger partial charge in [-0.25, -0.2) is 0 Å². The summed E-state index contributed by atoms with van der Waals surface area (Å²) in [7, 11) is 1.52. The number of aliphatic carboxylic acids is 1. The third-order valence-corrected chi connectivity index (χ3v) is 3.30. The van der Waals surface area contributed by atoms with Crippen LogP contribution in [0.2, 0.25) is 0 Å². The number of carboxylic acid groups (broad SMARTS) is 1. The maximum absolute atomic E-state index is 12.0. The van der Waals surface area contributed by atoms with Crippen molar-refractivity contribution in [3.8, 4) is 5.75 Å². The molecule has 0 aliphatic rings. The molecule has 2 aromatic carbocycles. The van der Waals surface area contributed by atoms with E-state index in [2.05, 4.69) is 5.32 Å². The van der Waals surface area contributed by atoms with Crippen LogP contribution >= 0.6 is 0 Å². The van der Waals surface area contributed by atoms with Crippen molar-refractivity contribution in [2.24, 2.45) is 0 Å². The summed E-state index contributed by atoms with van der Waals surface area (Å²) in [5.41, 5.74) is 1.08. The highest BCUT2D eigenvalue weighted by Crippen LogP contribution is 2.21. The molecule has 0 radical (unpaired) electrons. The Morgan fingerprint density at radius 3 is 2.50 bits per heavy atom. The molecule has 0 saturated carbocycles. The third-order valence-electron chi connectivity index (χ3n) is 3.30. The highest BCUT2D eigenvalue weighted by Gasteiger charge is 2.21. The highest BCUT2D eigenvalue weighted by atomic mass is 16.5. The Morgan fingerprint density at radius 1 is 1.14 bits per heavy atom. The summed E-state index contributed by atoms with van der Waals surface area (Å²) >= 11 is 0. The zero-order chi connectivity index (χ0) is 15.9. The van der Waals surface area contributed by atoms with Crippen molar-refractivity contribution in [2.75, 3.05) is 13.7 Å². The second kappa shape index (κ2) is 7.26. The number of hydrogen-bond donors (Lipinski definition) is 2. The zero-order valence-electron chi connectivity index (χ0n) is 12.2. The second-order valence-corrected chi connectivity index (χ2v) is 4.74. The fourth-order valence-corrected chi connectivity index (χ4v) is 2.09. The van der Waals surface area contributed by atoms with E-state index in [1.807, 2.05) is 6.07 Å². The molecule has 22 heavy (non-hydrogen) atoms. The van der Waals surface area contributed by atoms with Gasteiger partial charge in [-0.1, -0.05) is 30.3 Å². The monoisotopic (exact) mass is 299 g/mol. The minimum atomic E-state index is -0.999. The summed E-state index contributed by atoms with van der Waals surface area (Å²) in [6, 6.07) is 15.5. The molecule has 5 nitrogen and oxygen atoms in total. The van der Waals surface area contributed by atoms with E-state index < -0.39 is 11.9 Å². The number of amides is 1. The molecule has 0 aliphatic carbocycles. The Morgan fingerprint density at radius 2 is 1.86 bits per heavy atom. The van der Waals surface area contributed by atoms with Crippen LogP contribution < -0.4 is 10.1 Å². The van der Waals surface area contributed by atoms with Crippen LogP contribution in [0.4, 0.5) is 0 Å². The number of benzene rings is 2. The molecule has 5 heteroatoms. The first-order chi connectivity index (χ1) is 10.6. The molecule has 0 bridgehead atoms. The predicted octanol–water partition coefficient (Wildman–Crippen LogP) is 2.29. The lowest BCUT2D eigenvalue weighted by Crippen LogP contribution is -2.31. The first-order valence-electron chi connectivity index (χ1n) is 6.82. The van der Waals surface area contributed by atoms with Crippen molar-refractivity contribution < 1.29 is 19.4 Å². The van der Waals surface area contributed by atoms with Gasteiger partial charge in [0.2, 0.25) is 0 Å². The van der Waals surface area contributed by atoms with Crippen LogP contribution in [0.15, 0.2) is 54.6 Å². The molecule has 1 amide bonds. The molecule has 1 atom stereocenters. The number of rotatable bonds is 6. The lowest BCUT2D eigenvalue weighted by Gasteiger charge is -2.14. The lowest BCUT2D eigenvalue weighted by molar-refractivity contribution is -0.138.